The number of ether oxygens (including phenoxy) is 1. The predicted molar refractivity (Wildman–Crippen MR) is 96.9 cm³/mol. The van der Waals surface area contributed by atoms with Gasteiger partial charge in [-0.3, -0.25) is 9.59 Å². The van der Waals surface area contributed by atoms with Gasteiger partial charge in [0.05, 0.1) is 16.8 Å². The van der Waals surface area contributed by atoms with Gasteiger partial charge in [0.2, 0.25) is 5.91 Å². The lowest BCUT2D eigenvalue weighted by Gasteiger charge is -2.07. The van der Waals surface area contributed by atoms with Gasteiger partial charge in [-0.25, -0.2) is 0 Å². The number of carbonyl (C=O) groups excluding carboxylic acids is 1. The van der Waals surface area contributed by atoms with Gasteiger partial charge in [-0.1, -0.05) is 29.5 Å². The molecule has 6 heteroatoms. The molecule has 2 aromatic carbocycles. The van der Waals surface area contributed by atoms with Crippen molar-refractivity contribution in [2.24, 2.45) is 7.05 Å². The van der Waals surface area contributed by atoms with Gasteiger partial charge in [0.1, 0.15) is 5.75 Å². The average Bonchev–Trinajstić information content (AvgIpc) is 2.86. The Labute approximate surface area is 143 Å². The highest BCUT2D eigenvalue weighted by Gasteiger charge is 2.07. The van der Waals surface area contributed by atoms with E-state index in [1.807, 2.05) is 48.5 Å². The molecule has 0 bridgehead atoms. The number of hydrogen-bond donors (Lipinski definition) is 1. The van der Waals surface area contributed by atoms with Gasteiger partial charge in [-0.2, -0.15) is 0 Å². The lowest BCUT2D eigenvalue weighted by Crippen LogP contribution is -2.12. The van der Waals surface area contributed by atoms with E-state index in [4.69, 9.17) is 4.74 Å². The summed E-state index contributed by atoms with van der Waals surface area (Å²) in [6.07, 6.45) is 1.03. The van der Waals surface area contributed by atoms with E-state index in [2.05, 4.69) is 5.32 Å². The van der Waals surface area contributed by atoms with Crippen LogP contribution in [0.25, 0.3) is 10.2 Å². The molecule has 3 aromatic rings. The summed E-state index contributed by atoms with van der Waals surface area (Å²) >= 11 is 1.18. The zero-order chi connectivity index (χ0) is 16.9. The molecule has 1 N–H and O–H groups in total. The van der Waals surface area contributed by atoms with E-state index in [-0.39, 0.29) is 10.8 Å². The van der Waals surface area contributed by atoms with Crippen molar-refractivity contribution in [2.45, 2.75) is 12.8 Å². The fourth-order valence-electron chi connectivity index (χ4n) is 2.37. The Morgan fingerprint density at radius 1 is 1.21 bits per heavy atom. The number of thiazole rings is 1. The van der Waals surface area contributed by atoms with Gasteiger partial charge < -0.3 is 14.6 Å². The van der Waals surface area contributed by atoms with Crippen molar-refractivity contribution >= 4 is 33.1 Å². The third kappa shape index (κ3) is 3.83. The van der Waals surface area contributed by atoms with Crippen LogP contribution in [-0.4, -0.2) is 17.1 Å². The zero-order valence-corrected chi connectivity index (χ0v) is 14.1. The van der Waals surface area contributed by atoms with E-state index in [1.54, 1.807) is 11.6 Å². The lowest BCUT2D eigenvalue weighted by molar-refractivity contribution is -0.116. The first-order chi connectivity index (χ1) is 11.6. The standard InChI is InChI=1S/C18H18N2O3S/c1-20-15-10-9-13(12-16(15)24-18(20)22)19-17(21)8-5-11-23-14-6-3-2-4-7-14/h2-4,6-7,9-10,12H,5,8,11H2,1H3,(H,19,21). The van der Waals surface area contributed by atoms with Crippen molar-refractivity contribution in [3.05, 3.63) is 58.2 Å². The van der Waals surface area contributed by atoms with E-state index in [1.165, 1.54) is 11.3 Å². The Balaban J connectivity index is 1.50. The molecular weight excluding hydrogens is 324 g/mol. The van der Waals surface area contributed by atoms with Crippen LogP contribution in [0.15, 0.2) is 53.3 Å². The Kier molecular flexibility index (Phi) is 4.96. The third-order valence-corrected chi connectivity index (χ3v) is 4.63. The van der Waals surface area contributed by atoms with Crippen molar-refractivity contribution < 1.29 is 9.53 Å². The van der Waals surface area contributed by atoms with Crippen LogP contribution in [0.4, 0.5) is 5.69 Å². The molecule has 0 radical (unpaired) electrons. The molecule has 0 aliphatic rings. The van der Waals surface area contributed by atoms with E-state index in [0.29, 0.717) is 25.1 Å². The van der Waals surface area contributed by atoms with Crippen molar-refractivity contribution in [2.75, 3.05) is 11.9 Å². The topological polar surface area (TPSA) is 60.3 Å². The normalized spacial score (nSPS) is 10.7. The number of nitrogens with zero attached hydrogens (tertiary/aromatic N) is 1. The van der Waals surface area contributed by atoms with Crippen molar-refractivity contribution in [3.8, 4) is 5.75 Å². The number of benzene rings is 2. The van der Waals surface area contributed by atoms with Crippen LogP contribution in [0, 0.1) is 0 Å². The Bertz CT molecular complexity index is 900. The van der Waals surface area contributed by atoms with E-state index in [9.17, 15) is 9.59 Å². The summed E-state index contributed by atoms with van der Waals surface area (Å²) in [7, 11) is 1.74. The van der Waals surface area contributed by atoms with Crippen LogP contribution < -0.4 is 14.9 Å². The molecular formula is C18H18N2O3S. The first-order valence-corrected chi connectivity index (χ1v) is 8.52. The maximum absolute atomic E-state index is 12.0. The summed E-state index contributed by atoms with van der Waals surface area (Å²) in [4.78, 5) is 23.6. The van der Waals surface area contributed by atoms with Crippen LogP contribution in [0.2, 0.25) is 0 Å². The van der Waals surface area contributed by atoms with Gasteiger partial charge >= 0.3 is 4.87 Å². The average molecular weight is 342 g/mol. The number of nitrogens with one attached hydrogen (secondary N) is 1. The molecule has 3 rings (SSSR count). The van der Waals surface area contributed by atoms with E-state index < -0.39 is 0 Å². The quantitative estimate of drug-likeness (QED) is 0.699. The van der Waals surface area contributed by atoms with Crippen LogP contribution >= 0.6 is 11.3 Å². The lowest BCUT2D eigenvalue weighted by atomic mass is 10.2. The molecule has 124 valence electrons. The highest BCUT2D eigenvalue weighted by molar-refractivity contribution is 7.16. The highest BCUT2D eigenvalue weighted by atomic mass is 32.1. The summed E-state index contributed by atoms with van der Waals surface area (Å²) in [6, 6.07) is 15.0. The van der Waals surface area contributed by atoms with Gasteiger partial charge in [0, 0.05) is 19.2 Å². The van der Waals surface area contributed by atoms with Crippen LogP contribution in [0.3, 0.4) is 0 Å². The SMILES string of the molecule is Cn1c(=O)sc2cc(NC(=O)CCCOc3ccccc3)ccc21. The minimum atomic E-state index is -0.0608. The van der Waals surface area contributed by atoms with Crippen molar-refractivity contribution in [1.82, 2.24) is 4.57 Å². The summed E-state index contributed by atoms with van der Waals surface area (Å²) < 4.78 is 8.04. The second-order valence-electron chi connectivity index (χ2n) is 5.42. The minimum absolute atomic E-state index is 0.00784. The largest absolute Gasteiger partial charge is 0.494 e. The molecule has 0 aliphatic carbocycles. The molecule has 1 amide bonds. The van der Waals surface area contributed by atoms with Crippen molar-refractivity contribution in [1.29, 1.82) is 0 Å². The number of amides is 1. The molecule has 0 fully saturated rings. The summed E-state index contributed by atoms with van der Waals surface area (Å²) in [5.74, 6) is 0.747. The third-order valence-electron chi connectivity index (χ3n) is 3.64. The summed E-state index contributed by atoms with van der Waals surface area (Å²) in [6.45, 7) is 0.497. The molecule has 24 heavy (non-hydrogen) atoms. The number of aryl methyl sites for hydroxylation is 1. The number of para-hydroxylation sites is 1. The number of fused-ring (bicyclic) bond motifs is 1. The van der Waals surface area contributed by atoms with Gasteiger partial charge in [-0.15, -0.1) is 0 Å². The minimum Gasteiger partial charge on any atom is -0.494 e. The summed E-state index contributed by atoms with van der Waals surface area (Å²) in [5.41, 5.74) is 1.58. The molecule has 0 unspecified atom stereocenters. The molecule has 1 aromatic heterocycles. The summed E-state index contributed by atoms with van der Waals surface area (Å²) in [5, 5.41) is 2.86. The number of carbonyl (C=O) groups is 1. The first kappa shape index (κ1) is 16.3. The Morgan fingerprint density at radius 2 is 2.00 bits per heavy atom. The number of aromatic nitrogens is 1. The molecule has 0 saturated heterocycles. The Morgan fingerprint density at radius 3 is 2.79 bits per heavy atom. The second-order valence-corrected chi connectivity index (χ2v) is 6.42. The van der Waals surface area contributed by atoms with Crippen LogP contribution in [0.1, 0.15) is 12.8 Å². The molecule has 0 spiro atoms. The first-order valence-electron chi connectivity index (χ1n) is 7.71. The smallest absolute Gasteiger partial charge is 0.307 e. The monoisotopic (exact) mass is 342 g/mol. The number of hydrogen-bond acceptors (Lipinski definition) is 4. The fourth-order valence-corrected chi connectivity index (χ4v) is 3.29. The molecule has 5 nitrogen and oxygen atoms in total. The van der Waals surface area contributed by atoms with Crippen LogP contribution in [-0.2, 0) is 11.8 Å². The van der Waals surface area contributed by atoms with Gasteiger partial charge in [-0.05, 0) is 36.8 Å². The van der Waals surface area contributed by atoms with Gasteiger partial charge in [0.15, 0.2) is 0 Å². The van der Waals surface area contributed by atoms with E-state index >= 15 is 0 Å². The zero-order valence-electron chi connectivity index (χ0n) is 13.3. The van der Waals surface area contributed by atoms with Crippen molar-refractivity contribution in [3.63, 3.8) is 0 Å². The molecule has 1 heterocycles. The molecule has 0 atom stereocenters. The highest BCUT2D eigenvalue weighted by Crippen LogP contribution is 2.21. The van der Waals surface area contributed by atoms with E-state index in [0.717, 1.165) is 16.0 Å². The molecule has 0 saturated carbocycles. The fraction of sp³-hybridized carbons (Fsp3) is 0.222. The number of anilines is 1. The van der Waals surface area contributed by atoms with Gasteiger partial charge in [0.25, 0.3) is 0 Å². The van der Waals surface area contributed by atoms with Crippen LogP contribution in [0.5, 0.6) is 5.75 Å². The second kappa shape index (κ2) is 7.31. The predicted octanol–water partition coefficient (Wildman–Crippen LogP) is 3.40. The Hall–Kier alpha value is -2.60. The number of rotatable bonds is 6. The maximum atomic E-state index is 12.0. The molecule has 0 aliphatic heterocycles. The maximum Gasteiger partial charge on any atom is 0.307 e.